The number of thiophene rings is 1. The highest BCUT2D eigenvalue weighted by molar-refractivity contribution is 7.07. The summed E-state index contributed by atoms with van der Waals surface area (Å²) in [5, 5.41) is 4.14. The molecule has 118 valence electrons. The summed E-state index contributed by atoms with van der Waals surface area (Å²) in [6.45, 7) is 4.78. The van der Waals surface area contributed by atoms with Gasteiger partial charge in [-0.15, -0.1) is 0 Å². The highest BCUT2D eigenvalue weighted by Crippen LogP contribution is 2.23. The second kappa shape index (κ2) is 7.15. The second-order valence-corrected chi connectivity index (χ2v) is 6.45. The summed E-state index contributed by atoms with van der Waals surface area (Å²) < 4.78 is 19.8. The molecule has 0 aliphatic carbocycles. The molecule has 3 heterocycles. The number of hydrogen-bond acceptors (Lipinski definition) is 5. The zero-order chi connectivity index (χ0) is 15.4. The van der Waals surface area contributed by atoms with E-state index in [4.69, 9.17) is 4.74 Å². The van der Waals surface area contributed by atoms with Crippen LogP contribution in [0.2, 0.25) is 0 Å². The summed E-state index contributed by atoms with van der Waals surface area (Å²) in [4.78, 5) is 10.1. The maximum Gasteiger partial charge on any atom is 0.186 e. The van der Waals surface area contributed by atoms with Crippen LogP contribution in [-0.4, -0.2) is 29.7 Å². The van der Waals surface area contributed by atoms with Crippen molar-refractivity contribution in [3.63, 3.8) is 0 Å². The summed E-state index contributed by atoms with van der Waals surface area (Å²) in [5.74, 6) is 0.647. The van der Waals surface area contributed by atoms with Crippen LogP contribution in [0.1, 0.15) is 24.1 Å². The molecule has 0 radical (unpaired) electrons. The zero-order valence-corrected chi connectivity index (χ0v) is 13.5. The molecule has 1 unspecified atom stereocenters. The van der Waals surface area contributed by atoms with Crippen LogP contribution in [0.25, 0.3) is 0 Å². The molecule has 0 spiro atoms. The van der Waals surface area contributed by atoms with Crippen molar-refractivity contribution >= 4 is 17.2 Å². The van der Waals surface area contributed by atoms with Crippen molar-refractivity contribution in [1.29, 1.82) is 0 Å². The molecule has 1 atom stereocenters. The van der Waals surface area contributed by atoms with Crippen molar-refractivity contribution in [2.24, 2.45) is 5.92 Å². The lowest BCUT2D eigenvalue weighted by molar-refractivity contribution is 0.184. The summed E-state index contributed by atoms with van der Waals surface area (Å²) >= 11 is 1.65. The molecule has 1 aliphatic rings. The van der Waals surface area contributed by atoms with Crippen LogP contribution >= 0.6 is 11.3 Å². The maximum atomic E-state index is 14.4. The van der Waals surface area contributed by atoms with Gasteiger partial charge in [0.1, 0.15) is 6.33 Å². The number of ether oxygens (including phenoxy) is 1. The third kappa shape index (κ3) is 3.62. The van der Waals surface area contributed by atoms with Crippen molar-refractivity contribution < 1.29 is 9.13 Å². The Morgan fingerprint density at radius 1 is 1.45 bits per heavy atom. The Balaban J connectivity index is 1.76. The third-order valence-corrected chi connectivity index (χ3v) is 4.76. The van der Waals surface area contributed by atoms with E-state index >= 15 is 0 Å². The van der Waals surface area contributed by atoms with Crippen LogP contribution < -0.4 is 4.90 Å². The lowest BCUT2D eigenvalue weighted by atomic mass is 10.0. The fraction of sp³-hybridized carbons (Fsp3) is 0.500. The van der Waals surface area contributed by atoms with Crippen LogP contribution in [0.4, 0.5) is 10.2 Å². The fourth-order valence-electron chi connectivity index (χ4n) is 2.68. The Bertz CT molecular complexity index is 599. The lowest BCUT2D eigenvalue weighted by Crippen LogP contribution is -2.28. The number of halogens is 1. The summed E-state index contributed by atoms with van der Waals surface area (Å²) in [6.07, 6.45) is 3.53. The molecule has 6 heteroatoms. The molecule has 0 amide bonds. The topological polar surface area (TPSA) is 38.2 Å². The van der Waals surface area contributed by atoms with Crippen LogP contribution in [0.15, 0.2) is 23.2 Å². The quantitative estimate of drug-likeness (QED) is 0.817. The normalized spacial score (nSPS) is 17.8. The van der Waals surface area contributed by atoms with Gasteiger partial charge in [0.2, 0.25) is 0 Å². The van der Waals surface area contributed by atoms with Gasteiger partial charge in [0.05, 0.1) is 5.69 Å². The van der Waals surface area contributed by atoms with E-state index in [0.29, 0.717) is 24.0 Å². The lowest BCUT2D eigenvalue weighted by Gasteiger charge is -2.25. The van der Waals surface area contributed by atoms with Crippen LogP contribution in [0.5, 0.6) is 0 Å². The average Bonchev–Trinajstić information content (AvgIpc) is 3.19. The average molecular weight is 321 g/mol. The van der Waals surface area contributed by atoms with E-state index in [9.17, 15) is 4.39 Å². The smallest absolute Gasteiger partial charge is 0.186 e. The molecular weight excluding hydrogens is 301 g/mol. The van der Waals surface area contributed by atoms with Gasteiger partial charge in [-0.1, -0.05) is 0 Å². The monoisotopic (exact) mass is 321 g/mol. The molecular formula is C16H20FN3OS. The molecule has 4 nitrogen and oxygen atoms in total. The minimum Gasteiger partial charge on any atom is -0.381 e. The fourth-order valence-corrected chi connectivity index (χ4v) is 3.34. The van der Waals surface area contributed by atoms with Gasteiger partial charge >= 0.3 is 0 Å². The highest BCUT2D eigenvalue weighted by atomic mass is 32.1. The predicted octanol–water partition coefficient (Wildman–Crippen LogP) is 3.42. The first-order valence-corrected chi connectivity index (χ1v) is 8.49. The van der Waals surface area contributed by atoms with E-state index in [1.165, 1.54) is 11.9 Å². The largest absolute Gasteiger partial charge is 0.381 e. The van der Waals surface area contributed by atoms with Crippen molar-refractivity contribution in [3.8, 4) is 0 Å². The zero-order valence-electron chi connectivity index (χ0n) is 12.7. The second-order valence-electron chi connectivity index (χ2n) is 5.67. The number of aromatic nitrogens is 2. The molecule has 1 saturated heterocycles. The Labute approximate surface area is 134 Å². The number of anilines is 1. The molecule has 2 aromatic heterocycles. The standard InChI is InChI=1S/C16H20FN3OS/c1-12-15(17)16(19-11-18-12)20(8-14-4-7-22-10-14)5-2-13-3-6-21-9-13/h4,7,10-11,13H,2-3,5-6,8-9H2,1H3. The number of aryl methyl sites for hydroxylation is 1. The van der Waals surface area contributed by atoms with E-state index in [2.05, 4.69) is 21.4 Å². The molecule has 22 heavy (non-hydrogen) atoms. The Kier molecular flexibility index (Phi) is 5.00. The summed E-state index contributed by atoms with van der Waals surface area (Å²) in [5.41, 5.74) is 1.58. The van der Waals surface area contributed by atoms with Gasteiger partial charge in [-0.2, -0.15) is 11.3 Å². The van der Waals surface area contributed by atoms with Crippen LogP contribution in [-0.2, 0) is 11.3 Å². The van der Waals surface area contributed by atoms with Crippen LogP contribution in [0, 0.1) is 18.7 Å². The Morgan fingerprint density at radius 3 is 3.09 bits per heavy atom. The maximum absolute atomic E-state index is 14.4. The Hall–Kier alpha value is -1.53. The van der Waals surface area contributed by atoms with Gasteiger partial charge in [0, 0.05) is 26.3 Å². The molecule has 2 aromatic rings. The molecule has 0 bridgehead atoms. The summed E-state index contributed by atoms with van der Waals surface area (Å²) in [7, 11) is 0. The van der Waals surface area contributed by atoms with Gasteiger partial charge in [-0.05, 0) is 48.1 Å². The van der Waals surface area contributed by atoms with Gasteiger partial charge in [0.15, 0.2) is 11.6 Å². The van der Waals surface area contributed by atoms with E-state index in [0.717, 1.165) is 32.6 Å². The summed E-state index contributed by atoms with van der Waals surface area (Å²) in [6, 6.07) is 2.07. The SMILES string of the molecule is Cc1ncnc(N(CCC2CCOC2)Cc2ccsc2)c1F. The van der Waals surface area contributed by atoms with E-state index < -0.39 is 0 Å². The molecule has 1 fully saturated rings. The third-order valence-electron chi connectivity index (χ3n) is 4.03. The van der Waals surface area contributed by atoms with Crippen molar-refractivity contribution in [1.82, 2.24) is 9.97 Å². The first-order valence-electron chi connectivity index (χ1n) is 7.55. The van der Waals surface area contributed by atoms with Crippen LogP contribution in [0.3, 0.4) is 0 Å². The molecule has 0 N–H and O–H groups in total. The van der Waals surface area contributed by atoms with E-state index in [1.807, 2.05) is 10.3 Å². The van der Waals surface area contributed by atoms with E-state index in [-0.39, 0.29) is 5.82 Å². The van der Waals surface area contributed by atoms with E-state index in [1.54, 1.807) is 18.3 Å². The number of hydrogen-bond donors (Lipinski definition) is 0. The molecule has 1 aliphatic heterocycles. The minimum absolute atomic E-state index is 0.319. The van der Waals surface area contributed by atoms with Gasteiger partial charge in [-0.3, -0.25) is 0 Å². The number of nitrogens with zero attached hydrogens (tertiary/aromatic N) is 3. The van der Waals surface area contributed by atoms with Crippen molar-refractivity contribution in [2.45, 2.75) is 26.3 Å². The first kappa shape index (κ1) is 15.4. The van der Waals surface area contributed by atoms with Crippen molar-refractivity contribution in [2.75, 3.05) is 24.7 Å². The van der Waals surface area contributed by atoms with Crippen molar-refractivity contribution in [3.05, 3.63) is 40.2 Å². The van der Waals surface area contributed by atoms with Gasteiger partial charge in [-0.25, -0.2) is 14.4 Å². The molecule has 0 saturated carbocycles. The number of rotatable bonds is 6. The first-order chi connectivity index (χ1) is 10.7. The van der Waals surface area contributed by atoms with Gasteiger partial charge < -0.3 is 9.64 Å². The molecule has 3 rings (SSSR count). The minimum atomic E-state index is -0.319. The Morgan fingerprint density at radius 2 is 2.36 bits per heavy atom. The molecule has 0 aromatic carbocycles. The highest BCUT2D eigenvalue weighted by Gasteiger charge is 2.20. The van der Waals surface area contributed by atoms with Gasteiger partial charge in [0.25, 0.3) is 0 Å². The predicted molar refractivity (Wildman–Crippen MR) is 85.6 cm³/mol.